The zero-order valence-corrected chi connectivity index (χ0v) is 10.2. The summed E-state index contributed by atoms with van der Waals surface area (Å²) in [7, 11) is 0. The molecule has 2 saturated heterocycles. The lowest BCUT2D eigenvalue weighted by Gasteiger charge is -2.17. The number of rotatable bonds is 8. The summed E-state index contributed by atoms with van der Waals surface area (Å²) in [6.45, 7) is 8.49. The van der Waals surface area contributed by atoms with Gasteiger partial charge in [0.15, 0.2) is 0 Å². The fraction of sp³-hybridized carbons (Fsp3) is 0.615. The van der Waals surface area contributed by atoms with Gasteiger partial charge in [-0.25, -0.2) is 4.79 Å². The van der Waals surface area contributed by atoms with Crippen molar-refractivity contribution in [1.29, 1.82) is 0 Å². The molecule has 0 amide bonds. The van der Waals surface area contributed by atoms with Gasteiger partial charge in [0.1, 0.15) is 24.4 Å². The third kappa shape index (κ3) is 3.85. The van der Waals surface area contributed by atoms with E-state index in [-0.39, 0.29) is 24.4 Å². The van der Waals surface area contributed by atoms with Crippen molar-refractivity contribution in [3.8, 4) is 0 Å². The molecular weight excluding hydrogens is 236 g/mol. The largest absolute Gasteiger partial charge is 0.509 e. The van der Waals surface area contributed by atoms with E-state index in [0.29, 0.717) is 26.1 Å². The molecule has 4 unspecified atom stereocenters. The van der Waals surface area contributed by atoms with Crippen LogP contribution in [0.1, 0.15) is 12.8 Å². The zero-order valence-electron chi connectivity index (χ0n) is 10.2. The van der Waals surface area contributed by atoms with Gasteiger partial charge in [-0.05, 0) is 0 Å². The van der Waals surface area contributed by atoms with Crippen molar-refractivity contribution in [3.63, 3.8) is 0 Å². The monoisotopic (exact) mass is 254 g/mol. The molecule has 0 radical (unpaired) electrons. The summed E-state index contributed by atoms with van der Waals surface area (Å²) < 4.78 is 20.7. The first-order valence-corrected chi connectivity index (χ1v) is 6.07. The third-order valence-corrected chi connectivity index (χ3v) is 2.84. The van der Waals surface area contributed by atoms with Crippen LogP contribution >= 0.6 is 0 Å². The van der Waals surface area contributed by atoms with Crippen LogP contribution in [0.2, 0.25) is 0 Å². The maximum atomic E-state index is 11.7. The van der Waals surface area contributed by atoms with Gasteiger partial charge < -0.3 is 18.9 Å². The Bertz CT molecular complexity index is 289. The van der Waals surface area contributed by atoms with Gasteiger partial charge in [-0.2, -0.15) is 0 Å². The molecule has 0 aromatic carbocycles. The summed E-state index contributed by atoms with van der Waals surface area (Å²) >= 11 is 0. The quantitative estimate of drug-likeness (QED) is 0.375. The summed E-state index contributed by atoms with van der Waals surface area (Å²) in [4.78, 5) is 11.7. The van der Waals surface area contributed by atoms with E-state index in [1.807, 2.05) is 0 Å². The van der Waals surface area contributed by atoms with Crippen LogP contribution in [-0.4, -0.2) is 43.8 Å². The molecule has 5 heteroatoms. The van der Waals surface area contributed by atoms with Gasteiger partial charge in [0.25, 0.3) is 0 Å². The molecule has 2 heterocycles. The van der Waals surface area contributed by atoms with Gasteiger partial charge in [0.05, 0.1) is 13.2 Å². The third-order valence-electron chi connectivity index (χ3n) is 2.84. The van der Waals surface area contributed by atoms with E-state index in [4.69, 9.17) is 18.9 Å². The van der Waals surface area contributed by atoms with Crippen LogP contribution in [0.4, 0.5) is 4.79 Å². The van der Waals surface area contributed by atoms with Crippen LogP contribution in [0.15, 0.2) is 25.3 Å². The van der Waals surface area contributed by atoms with Gasteiger partial charge in [-0.1, -0.05) is 12.2 Å². The summed E-state index contributed by atoms with van der Waals surface area (Å²) in [5.74, 6) is 0. The molecule has 0 saturated carbocycles. The van der Waals surface area contributed by atoms with E-state index in [1.165, 1.54) is 0 Å². The Morgan fingerprint density at radius 2 is 1.50 bits per heavy atom. The summed E-state index contributed by atoms with van der Waals surface area (Å²) in [5, 5.41) is 0. The van der Waals surface area contributed by atoms with Gasteiger partial charge in [0, 0.05) is 12.8 Å². The highest BCUT2D eigenvalue weighted by atomic mass is 16.8. The fourth-order valence-corrected chi connectivity index (χ4v) is 1.70. The molecule has 2 rings (SSSR count). The van der Waals surface area contributed by atoms with E-state index in [9.17, 15) is 4.79 Å². The zero-order chi connectivity index (χ0) is 13.0. The van der Waals surface area contributed by atoms with Crippen molar-refractivity contribution in [2.24, 2.45) is 0 Å². The highest BCUT2D eigenvalue weighted by Crippen LogP contribution is 2.23. The van der Waals surface area contributed by atoms with Crippen LogP contribution in [0.5, 0.6) is 0 Å². The second-order valence-electron chi connectivity index (χ2n) is 4.35. The molecule has 4 atom stereocenters. The smallest absolute Gasteiger partial charge is 0.428 e. The Kier molecular flexibility index (Phi) is 4.38. The van der Waals surface area contributed by atoms with Crippen LogP contribution in [0.25, 0.3) is 0 Å². The molecule has 0 N–H and O–H groups in total. The average Bonchev–Trinajstić information content (AvgIpc) is 3.17. The maximum absolute atomic E-state index is 11.7. The molecular formula is C13H18O5. The van der Waals surface area contributed by atoms with Crippen molar-refractivity contribution in [3.05, 3.63) is 25.3 Å². The predicted octanol–water partition coefficient (Wildman–Crippen LogP) is 1.83. The lowest BCUT2D eigenvalue weighted by atomic mass is 10.2. The van der Waals surface area contributed by atoms with E-state index >= 15 is 0 Å². The second kappa shape index (κ2) is 6.02. The maximum Gasteiger partial charge on any atom is 0.509 e. The number of hydrogen-bond donors (Lipinski definition) is 0. The minimum absolute atomic E-state index is 0.0226. The highest BCUT2D eigenvalue weighted by Gasteiger charge is 2.38. The summed E-state index contributed by atoms with van der Waals surface area (Å²) in [6.07, 6.45) is 3.18. The van der Waals surface area contributed by atoms with Gasteiger partial charge in [0.2, 0.25) is 0 Å². The number of epoxide rings is 2. The first-order chi connectivity index (χ1) is 8.74. The second-order valence-corrected chi connectivity index (χ2v) is 4.35. The average molecular weight is 254 g/mol. The molecule has 2 aliphatic rings. The van der Waals surface area contributed by atoms with E-state index in [1.54, 1.807) is 12.2 Å². The van der Waals surface area contributed by atoms with Crippen molar-refractivity contribution < 1.29 is 23.7 Å². The van der Waals surface area contributed by atoms with Crippen LogP contribution in [0, 0.1) is 0 Å². The SMILES string of the molecule is C=CCC(OC(=O)OC(CC=C)C1CO1)C1CO1. The predicted molar refractivity (Wildman–Crippen MR) is 64.3 cm³/mol. The Hall–Kier alpha value is -1.33. The van der Waals surface area contributed by atoms with Gasteiger partial charge in [-0.15, -0.1) is 13.2 Å². The number of carbonyl (C=O) groups excluding carboxylic acids is 1. The molecule has 5 nitrogen and oxygen atoms in total. The molecule has 100 valence electrons. The molecule has 18 heavy (non-hydrogen) atoms. The topological polar surface area (TPSA) is 60.6 Å². The Morgan fingerprint density at radius 1 is 1.11 bits per heavy atom. The Morgan fingerprint density at radius 3 is 1.78 bits per heavy atom. The summed E-state index contributed by atoms with van der Waals surface area (Å²) in [5.41, 5.74) is 0. The molecule has 2 aliphatic heterocycles. The Labute approximate surface area is 106 Å². The van der Waals surface area contributed by atoms with E-state index in [0.717, 1.165) is 0 Å². The minimum atomic E-state index is -0.681. The fourth-order valence-electron chi connectivity index (χ4n) is 1.70. The lowest BCUT2D eigenvalue weighted by Crippen LogP contribution is -2.29. The Balaban J connectivity index is 1.78. The van der Waals surface area contributed by atoms with Crippen LogP contribution in [-0.2, 0) is 18.9 Å². The molecule has 0 aromatic heterocycles. The van der Waals surface area contributed by atoms with E-state index < -0.39 is 6.16 Å². The normalized spacial score (nSPS) is 27.8. The molecule has 0 aromatic rings. The van der Waals surface area contributed by atoms with Crippen molar-refractivity contribution >= 4 is 6.16 Å². The minimum Gasteiger partial charge on any atom is -0.428 e. The van der Waals surface area contributed by atoms with Crippen molar-refractivity contribution in [2.75, 3.05) is 13.2 Å². The molecule has 0 bridgehead atoms. The highest BCUT2D eigenvalue weighted by molar-refractivity contribution is 5.60. The molecule has 0 spiro atoms. The van der Waals surface area contributed by atoms with Crippen molar-refractivity contribution in [2.45, 2.75) is 37.3 Å². The first kappa shape index (κ1) is 13.1. The number of carbonyl (C=O) groups is 1. The van der Waals surface area contributed by atoms with E-state index in [2.05, 4.69) is 13.2 Å². The molecule has 0 aliphatic carbocycles. The molecule has 2 fully saturated rings. The number of hydrogen-bond acceptors (Lipinski definition) is 5. The summed E-state index contributed by atoms with van der Waals surface area (Å²) in [6, 6.07) is 0. The number of ether oxygens (including phenoxy) is 4. The lowest BCUT2D eigenvalue weighted by molar-refractivity contribution is -0.0136. The van der Waals surface area contributed by atoms with Crippen LogP contribution in [0.3, 0.4) is 0 Å². The first-order valence-electron chi connectivity index (χ1n) is 6.07. The standard InChI is InChI=1S/C13H18O5/c1-3-5-9(11-7-15-11)17-13(14)18-10(6-4-2)12-8-16-12/h3-4,9-12H,1-2,5-8H2. The van der Waals surface area contributed by atoms with Crippen LogP contribution < -0.4 is 0 Å². The van der Waals surface area contributed by atoms with Gasteiger partial charge >= 0.3 is 6.16 Å². The van der Waals surface area contributed by atoms with Gasteiger partial charge in [-0.3, -0.25) is 0 Å². The van der Waals surface area contributed by atoms with Crippen molar-refractivity contribution in [1.82, 2.24) is 0 Å².